The van der Waals surface area contributed by atoms with E-state index >= 15 is 0 Å². The van der Waals surface area contributed by atoms with E-state index in [2.05, 4.69) is 21.2 Å². The molecule has 0 aliphatic carbocycles. The lowest BCUT2D eigenvalue weighted by atomic mass is 10.2. The minimum absolute atomic E-state index is 0.0853. The van der Waals surface area contributed by atoms with Crippen molar-refractivity contribution in [3.8, 4) is 0 Å². The van der Waals surface area contributed by atoms with Gasteiger partial charge >= 0.3 is 0 Å². The van der Waals surface area contributed by atoms with Gasteiger partial charge in [-0.15, -0.1) is 11.3 Å². The number of nitrogens with zero attached hydrogens (tertiary/aromatic N) is 1. The number of hydrogen-bond acceptors (Lipinski definition) is 4. The van der Waals surface area contributed by atoms with Gasteiger partial charge in [0.25, 0.3) is 5.69 Å². The van der Waals surface area contributed by atoms with E-state index in [0.717, 1.165) is 9.35 Å². The number of benzene rings is 1. The number of nitro groups is 1. The van der Waals surface area contributed by atoms with Crippen molar-refractivity contribution in [3.05, 3.63) is 59.7 Å². The second-order valence-electron chi connectivity index (χ2n) is 3.83. The number of halogens is 2. The van der Waals surface area contributed by atoms with E-state index in [1.807, 2.05) is 11.4 Å². The molecule has 0 atom stereocenters. The van der Waals surface area contributed by atoms with Crippen molar-refractivity contribution in [2.45, 2.75) is 13.1 Å². The minimum atomic E-state index is -0.394. The lowest BCUT2D eigenvalue weighted by Gasteiger charge is -2.05. The third kappa shape index (κ3) is 3.76. The first-order chi connectivity index (χ1) is 9.08. The Morgan fingerprint density at radius 3 is 2.79 bits per heavy atom. The fraction of sp³-hybridized carbons (Fsp3) is 0.167. The van der Waals surface area contributed by atoms with E-state index < -0.39 is 4.92 Å². The van der Waals surface area contributed by atoms with Crippen molar-refractivity contribution in [2.75, 3.05) is 0 Å². The fourth-order valence-electron chi connectivity index (χ4n) is 1.64. The van der Waals surface area contributed by atoms with Gasteiger partial charge in [0.1, 0.15) is 0 Å². The van der Waals surface area contributed by atoms with Crippen LogP contribution in [0.4, 0.5) is 5.69 Å². The average molecular weight is 362 g/mol. The van der Waals surface area contributed by atoms with Gasteiger partial charge in [0.05, 0.1) is 4.92 Å². The SMILES string of the molecule is O=[N+]([O-])c1ccc(Cl)cc1CNCc1sccc1Br. The molecule has 4 nitrogen and oxygen atoms in total. The lowest BCUT2D eigenvalue weighted by Crippen LogP contribution is -2.13. The van der Waals surface area contributed by atoms with Gasteiger partial charge in [0.2, 0.25) is 0 Å². The number of hydrogen-bond donors (Lipinski definition) is 1. The predicted octanol–water partition coefficient (Wildman–Crippen LogP) is 4.36. The molecule has 0 amide bonds. The molecule has 0 radical (unpaired) electrons. The second kappa shape index (κ2) is 6.47. The van der Waals surface area contributed by atoms with Crippen LogP contribution in [0, 0.1) is 10.1 Å². The highest BCUT2D eigenvalue weighted by Gasteiger charge is 2.13. The molecular weight excluding hydrogens is 352 g/mol. The predicted molar refractivity (Wildman–Crippen MR) is 80.7 cm³/mol. The van der Waals surface area contributed by atoms with Gasteiger partial charge in [-0.25, -0.2) is 0 Å². The number of thiophene rings is 1. The Hall–Kier alpha value is -0.950. The third-order valence-electron chi connectivity index (χ3n) is 2.53. The van der Waals surface area contributed by atoms with Gasteiger partial charge < -0.3 is 5.32 Å². The molecule has 2 aromatic rings. The highest BCUT2D eigenvalue weighted by molar-refractivity contribution is 9.10. The summed E-state index contributed by atoms with van der Waals surface area (Å²) in [5, 5.41) is 16.6. The molecule has 0 spiro atoms. The van der Waals surface area contributed by atoms with Crippen LogP contribution in [0.25, 0.3) is 0 Å². The van der Waals surface area contributed by atoms with Crippen molar-refractivity contribution < 1.29 is 4.92 Å². The minimum Gasteiger partial charge on any atom is -0.307 e. The Labute approximate surface area is 127 Å². The molecule has 0 saturated carbocycles. The van der Waals surface area contributed by atoms with Crippen LogP contribution in [-0.2, 0) is 13.1 Å². The zero-order chi connectivity index (χ0) is 13.8. The van der Waals surface area contributed by atoms with Crippen LogP contribution < -0.4 is 5.32 Å². The van der Waals surface area contributed by atoms with Crippen LogP contribution in [0.3, 0.4) is 0 Å². The highest BCUT2D eigenvalue weighted by Crippen LogP contribution is 2.24. The summed E-state index contributed by atoms with van der Waals surface area (Å²) in [5.41, 5.74) is 0.673. The van der Waals surface area contributed by atoms with Gasteiger partial charge in [-0.3, -0.25) is 10.1 Å². The zero-order valence-electron chi connectivity index (χ0n) is 9.73. The lowest BCUT2D eigenvalue weighted by molar-refractivity contribution is -0.385. The van der Waals surface area contributed by atoms with E-state index in [4.69, 9.17) is 11.6 Å². The maximum absolute atomic E-state index is 10.9. The zero-order valence-corrected chi connectivity index (χ0v) is 12.9. The van der Waals surface area contributed by atoms with Gasteiger partial charge in [-0.05, 0) is 39.5 Å². The Kier molecular flexibility index (Phi) is 4.93. The molecule has 2 rings (SSSR count). The monoisotopic (exact) mass is 360 g/mol. The molecule has 0 fully saturated rings. The Balaban J connectivity index is 2.05. The van der Waals surface area contributed by atoms with Crippen LogP contribution in [0.5, 0.6) is 0 Å². The van der Waals surface area contributed by atoms with Crippen molar-refractivity contribution in [1.29, 1.82) is 0 Å². The summed E-state index contributed by atoms with van der Waals surface area (Å²) < 4.78 is 1.05. The molecule has 0 saturated heterocycles. The summed E-state index contributed by atoms with van der Waals surface area (Å²) in [4.78, 5) is 11.7. The molecule has 19 heavy (non-hydrogen) atoms. The van der Waals surface area contributed by atoms with Gasteiger partial charge in [0, 0.05) is 39.1 Å². The quantitative estimate of drug-likeness (QED) is 0.636. The largest absolute Gasteiger partial charge is 0.307 e. The van der Waals surface area contributed by atoms with Crippen molar-refractivity contribution in [1.82, 2.24) is 5.32 Å². The molecule has 0 bridgehead atoms. The summed E-state index contributed by atoms with van der Waals surface area (Å²) >= 11 is 10.9. The smallest absolute Gasteiger partial charge is 0.273 e. The Morgan fingerprint density at radius 2 is 2.16 bits per heavy atom. The van der Waals surface area contributed by atoms with Gasteiger partial charge in [0.15, 0.2) is 0 Å². The maximum Gasteiger partial charge on any atom is 0.273 e. The highest BCUT2D eigenvalue weighted by atomic mass is 79.9. The van der Waals surface area contributed by atoms with E-state index in [9.17, 15) is 10.1 Å². The summed E-state index contributed by atoms with van der Waals surface area (Å²) in [5.74, 6) is 0. The summed E-state index contributed by atoms with van der Waals surface area (Å²) in [6, 6.07) is 6.55. The molecule has 0 aliphatic heterocycles. The molecule has 1 heterocycles. The molecular formula is C12H10BrClN2O2S. The van der Waals surface area contributed by atoms with Crippen LogP contribution in [-0.4, -0.2) is 4.92 Å². The van der Waals surface area contributed by atoms with Crippen molar-refractivity contribution in [3.63, 3.8) is 0 Å². The molecule has 7 heteroatoms. The van der Waals surface area contributed by atoms with Gasteiger partial charge in [-0.1, -0.05) is 11.6 Å². The topological polar surface area (TPSA) is 55.2 Å². The first-order valence-electron chi connectivity index (χ1n) is 5.43. The van der Waals surface area contributed by atoms with Crippen LogP contribution in [0.2, 0.25) is 5.02 Å². The molecule has 0 unspecified atom stereocenters. The maximum atomic E-state index is 10.9. The fourth-order valence-corrected chi connectivity index (χ4v) is 3.29. The van der Waals surface area contributed by atoms with E-state index in [0.29, 0.717) is 23.7 Å². The van der Waals surface area contributed by atoms with Crippen molar-refractivity contribution in [2.24, 2.45) is 0 Å². The normalized spacial score (nSPS) is 10.6. The Bertz CT molecular complexity index is 603. The number of rotatable bonds is 5. The summed E-state index contributed by atoms with van der Waals surface area (Å²) in [6.45, 7) is 1.06. The summed E-state index contributed by atoms with van der Waals surface area (Å²) in [7, 11) is 0. The number of nitro benzene ring substituents is 1. The van der Waals surface area contributed by atoms with E-state index in [1.54, 1.807) is 17.4 Å². The molecule has 0 aliphatic rings. The van der Waals surface area contributed by atoms with Crippen LogP contribution in [0.15, 0.2) is 34.1 Å². The first kappa shape index (κ1) is 14.5. The molecule has 1 N–H and O–H groups in total. The van der Waals surface area contributed by atoms with Crippen molar-refractivity contribution >= 4 is 44.6 Å². The van der Waals surface area contributed by atoms with E-state index in [1.165, 1.54) is 12.1 Å². The van der Waals surface area contributed by atoms with Gasteiger partial charge in [-0.2, -0.15) is 0 Å². The second-order valence-corrected chi connectivity index (χ2v) is 6.12. The standard InChI is InChI=1S/C12H10BrClN2O2S/c13-10-3-4-19-12(10)7-15-6-8-5-9(14)1-2-11(8)16(17)18/h1-5,15H,6-7H2. The summed E-state index contributed by atoms with van der Waals surface area (Å²) in [6.07, 6.45) is 0. The van der Waals surface area contributed by atoms with Crippen LogP contribution >= 0.6 is 38.9 Å². The first-order valence-corrected chi connectivity index (χ1v) is 7.48. The Morgan fingerprint density at radius 1 is 1.37 bits per heavy atom. The molecule has 1 aromatic carbocycles. The number of nitrogens with one attached hydrogen (secondary N) is 1. The molecule has 1 aromatic heterocycles. The third-order valence-corrected chi connectivity index (χ3v) is 4.69. The van der Waals surface area contributed by atoms with Crippen LogP contribution in [0.1, 0.15) is 10.4 Å². The van der Waals surface area contributed by atoms with E-state index in [-0.39, 0.29) is 5.69 Å². The molecule has 100 valence electrons. The average Bonchev–Trinajstić information content (AvgIpc) is 2.75.